The van der Waals surface area contributed by atoms with E-state index in [1.165, 1.54) is 31.0 Å². The number of nitrogens with zero attached hydrogens (tertiary/aromatic N) is 3. The maximum absolute atomic E-state index is 12.2. The van der Waals surface area contributed by atoms with Gasteiger partial charge in [-0.3, -0.25) is 4.79 Å². The van der Waals surface area contributed by atoms with E-state index in [0.717, 1.165) is 28.8 Å². The van der Waals surface area contributed by atoms with E-state index in [1.807, 2.05) is 24.3 Å². The Morgan fingerprint density at radius 2 is 2.16 bits per heavy atom. The highest BCUT2D eigenvalue weighted by atomic mass is 32.2. The maximum Gasteiger partial charge on any atom is 0.230 e. The van der Waals surface area contributed by atoms with Crippen molar-refractivity contribution in [3.8, 4) is 0 Å². The number of hydrogen-bond donors (Lipinski definition) is 2. The van der Waals surface area contributed by atoms with Crippen molar-refractivity contribution in [3.63, 3.8) is 0 Å². The second kappa shape index (κ2) is 5.98. The Kier molecular flexibility index (Phi) is 3.62. The average Bonchev–Trinajstić information content (AvgIpc) is 3.33. The SMILES string of the molecule is O=C(CSc1nnc2c(n1)[nH]c1ccccc12)N[C@@H]1C[C@H]2CC[C@H]1C2. The van der Waals surface area contributed by atoms with Crippen molar-refractivity contribution < 1.29 is 4.79 Å². The van der Waals surface area contributed by atoms with Gasteiger partial charge in [0.05, 0.1) is 5.75 Å². The van der Waals surface area contributed by atoms with Gasteiger partial charge in [0.2, 0.25) is 11.1 Å². The quantitative estimate of drug-likeness (QED) is 0.705. The van der Waals surface area contributed by atoms with Crippen LogP contribution in [0.3, 0.4) is 0 Å². The highest BCUT2D eigenvalue weighted by Gasteiger charge is 2.39. The molecule has 7 heteroatoms. The standard InChI is InChI=1S/C18H19N5OS/c24-15(19-14-8-10-5-6-11(14)7-10)9-25-18-21-17-16(22-23-18)12-3-1-2-4-13(12)20-17/h1-4,10-11,14H,5-9H2,(H,19,24)(H,20,21,23)/t10-,11-,14+/m0/s1. The first kappa shape index (κ1) is 15.1. The van der Waals surface area contributed by atoms with E-state index in [-0.39, 0.29) is 5.91 Å². The molecule has 3 aromatic rings. The summed E-state index contributed by atoms with van der Waals surface area (Å²) in [6.45, 7) is 0. The first-order valence-electron chi connectivity index (χ1n) is 8.79. The number of aromatic nitrogens is 4. The minimum atomic E-state index is 0.0721. The lowest BCUT2D eigenvalue weighted by Crippen LogP contribution is -2.39. The van der Waals surface area contributed by atoms with Crippen molar-refractivity contribution in [1.82, 2.24) is 25.5 Å². The van der Waals surface area contributed by atoms with Crippen LogP contribution in [0.15, 0.2) is 29.4 Å². The molecule has 2 heterocycles. The smallest absolute Gasteiger partial charge is 0.230 e. The molecule has 128 valence electrons. The van der Waals surface area contributed by atoms with Crippen molar-refractivity contribution in [2.45, 2.75) is 36.9 Å². The van der Waals surface area contributed by atoms with Crippen LogP contribution in [0.1, 0.15) is 25.7 Å². The van der Waals surface area contributed by atoms with Gasteiger partial charge in [-0.15, -0.1) is 10.2 Å². The second-order valence-corrected chi connectivity index (χ2v) is 8.04. The molecule has 0 spiro atoms. The fourth-order valence-electron chi connectivity index (χ4n) is 4.37. The molecule has 0 saturated heterocycles. The third kappa shape index (κ3) is 2.76. The summed E-state index contributed by atoms with van der Waals surface area (Å²) in [5, 5.41) is 13.2. The lowest BCUT2D eigenvalue weighted by atomic mass is 9.95. The first-order valence-corrected chi connectivity index (χ1v) is 9.78. The molecule has 2 aromatic heterocycles. The minimum Gasteiger partial charge on any atom is -0.352 e. The second-order valence-electron chi connectivity index (χ2n) is 7.10. The number of hydrogen-bond acceptors (Lipinski definition) is 5. The molecule has 1 amide bonds. The van der Waals surface area contributed by atoms with Gasteiger partial charge in [-0.1, -0.05) is 36.4 Å². The molecule has 0 unspecified atom stereocenters. The predicted octanol–water partition coefficient (Wildman–Crippen LogP) is 2.90. The lowest BCUT2D eigenvalue weighted by Gasteiger charge is -2.22. The van der Waals surface area contributed by atoms with Crippen molar-refractivity contribution in [2.75, 3.05) is 5.75 Å². The Hall–Kier alpha value is -2.15. The van der Waals surface area contributed by atoms with E-state index in [4.69, 9.17) is 0 Å². The van der Waals surface area contributed by atoms with Crippen molar-refractivity contribution in [3.05, 3.63) is 24.3 Å². The molecular formula is C18H19N5OS. The Morgan fingerprint density at radius 3 is 3.00 bits per heavy atom. The average molecular weight is 353 g/mol. The van der Waals surface area contributed by atoms with Crippen LogP contribution >= 0.6 is 11.8 Å². The van der Waals surface area contributed by atoms with Gasteiger partial charge in [-0.05, 0) is 37.2 Å². The van der Waals surface area contributed by atoms with Crippen LogP contribution in [0, 0.1) is 11.8 Å². The number of benzene rings is 1. The molecule has 2 aliphatic carbocycles. The first-order chi connectivity index (χ1) is 12.3. The van der Waals surface area contributed by atoms with E-state index in [2.05, 4.69) is 25.5 Å². The number of aromatic amines is 1. The molecule has 3 atom stereocenters. The molecule has 1 aromatic carbocycles. The fourth-order valence-corrected chi connectivity index (χ4v) is 4.96. The third-order valence-electron chi connectivity index (χ3n) is 5.52. The van der Waals surface area contributed by atoms with E-state index >= 15 is 0 Å². The molecule has 2 N–H and O–H groups in total. The van der Waals surface area contributed by atoms with Crippen LogP contribution in [0.4, 0.5) is 0 Å². The zero-order chi connectivity index (χ0) is 16.8. The van der Waals surface area contributed by atoms with Crippen LogP contribution in [0.2, 0.25) is 0 Å². The Bertz CT molecular complexity index is 955. The molecule has 0 radical (unpaired) electrons. The monoisotopic (exact) mass is 353 g/mol. The highest BCUT2D eigenvalue weighted by Crippen LogP contribution is 2.44. The van der Waals surface area contributed by atoms with Crippen molar-refractivity contribution >= 4 is 39.7 Å². The van der Waals surface area contributed by atoms with Gasteiger partial charge in [-0.2, -0.15) is 0 Å². The summed E-state index contributed by atoms with van der Waals surface area (Å²) in [5.41, 5.74) is 2.48. The third-order valence-corrected chi connectivity index (χ3v) is 6.36. The summed E-state index contributed by atoms with van der Waals surface area (Å²) in [6, 6.07) is 8.32. The van der Waals surface area contributed by atoms with Gasteiger partial charge >= 0.3 is 0 Å². The van der Waals surface area contributed by atoms with Gasteiger partial charge in [0, 0.05) is 16.9 Å². The molecule has 2 bridgehead atoms. The summed E-state index contributed by atoms with van der Waals surface area (Å²) in [6.07, 6.45) is 5.06. The van der Waals surface area contributed by atoms with Gasteiger partial charge in [0.15, 0.2) is 5.65 Å². The van der Waals surface area contributed by atoms with Crippen LogP contribution in [0.25, 0.3) is 22.1 Å². The number of para-hydroxylation sites is 1. The van der Waals surface area contributed by atoms with E-state index in [0.29, 0.717) is 28.5 Å². The van der Waals surface area contributed by atoms with Gasteiger partial charge < -0.3 is 10.3 Å². The van der Waals surface area contributed by atoms with Gasteiger partial charge in [-0.25, -0.2) is 4.98 Å². The largest absolute Gasteiger partial charge is 0.352 e. The van der Waals surface area contributed by atoms with Crippen LogP contribution in [-0.2, 0) is 4.79 Å². The number of H-pyrrole nitrogens is 1. The van der Waals surface area contributed by atoms with Crippen molar-refractivity contribution in [1.29, 1.82) is 0 Å². The summed E-state index contributed by atoms with van der Waals surface area (Å²) in [5.74, 6) is 1.93. The van der Waals surface area contributed by atoms with Crippen molar-refractivity contribution in [2.24, 2.45) is 11.8 Å². The molecule has 5 rings (SSSR count). The number of rotatable bonds is 4. The molecular weight excluding hydrogens is 334 g/mol. The predicted molar refractivity (Wildman–Crippen MR) is 97.3 cm³/mol. The lowest BCUT2D eigenvalue weighted by molar-refractivity contribution is -0.119. The van der Waals surface area contributed by atoms with Crippen LogP contribution < -0.4 is 5.32 Å². The highest BCUT2D eigenvalue weighted by molar-refractivity contribution is 7.99. The molecule has 2 fully saturated rings. The molecule has 25 heavy (non-hydrogen) atoms. The van der Waals surface area contributed by atoms with E-state index in [9.17, 15) is 4.79 Å². The number of carbonyl (C=O) groups excluding carboxylic acids is 1. The topological polar surface area (TPSA) is 83.6 Å². The number of thioether (sulfide) groups is 1. The Morgan fingerprint density at radius 1 is 1.24 bits per heavy atom. The molecule has 2 saturated carbocycles. The maximum atomic E-state index is 12.2. The summed E-state index contributed by atoms with van der Waals surface area (Å²) in [4.78, 5) is 20.0. The van der Waals surface area contributed by atoms with Crippen LogP contribution in [0.5, 0.6) is 0 Å². The summed E-state index contributed by atoms with van der Waals surface area (Å²) < 4.78 is 0. The number of amides is 1. The summed E-state index contributed by atoms with van der Waals surface area (Å²) >= 11 is 1.34. The molecule has 6 nitrogen and oxygen atoms in total. The Labute approximate surface area is 149 Å². The number of fused-ring (bicyclic) bond motifs is 5. The van der Waals surface area contributed by atoms with Gasteiger partial charge in [0.1, 0.15) is 5.52 Å². The minimum absolute atomic E-state index is 0.0721. The zero-order valence-electron chi connectivity index (χ0n) is 13.7. The molecule has 2 aliphatic rings. The Balaban J connectivity index is 1.26. The number of nitrogens with one attached hydrogen (secondary N) is 2. The van der Waals surface area contributed by atoms with E-state index < -0.39 is 0 Å². The van der Waals surface area contributed by atoms with E-state index in [1.54, 1.807) is 0 Å². The normalized spacial score (nSPS) is 25.0. The van der Waals surface area contributed by atoms with Gasteiger partial charge in [0.25, 0.3) is 0 Å². The molecule has 0 aliphatic heterocycles. The summed E-state index contributed by atoms with van der Waals surface area (Å²) in [7, 11) is 0. The fraction of sp³-hybridized carbons (Fsp3) is 0.444. The van der Waals surface area contributed by atoms with Crippen LogP contribution in [-0.4, -0.2) is 37.9 Å². The zero-order valence-corrected chi connectivity index (χ0v) is 14.6. The number of carbonyl (C=O) groups is 1.